The van der Waals surface area contributed by atoms with Gasteiger partial charge in [0.15, 0.2) is 0 Å². The van der Waals surface area contributed by atoms with Gasteiger partial charge in [0.1, 0.15) is 0 Å². The summed E-state index contributed by atoms with van der Waals surface area (Å²) in [7, 11) is 0. The van der Waals surface area contributed by atoms with Crippen molar-refractivity contribution in [3.05, 3.63) is 0 Å². The van der Waals surface area contributed by atoms with Crippen LogP contribution in [0.15, 0.2) is 0 Å². The van der Waals surface area contributed by atoms with Gasteiger partial charge >= 0.3 is 12.0 Å². The molecule has 0 aromatic rings. The van der Waals surface area contributed by atoms with Crippen molar-refractivity contribution in [2.75, 3.05) is 13.1 Å². The fraction of sp³-hybridized carbons (Fsp3) is 0.867. The Kier molecular flexibility index (Phi) is 3.85. The molecule has 4 rings (SSSR count). The first kappa shape index (κ1) is 13.7. The normalized spacial score (nSPS) is 34.0. The third kappa shape index (κ3) is 2.76. The van der Waals surface area contributed by atoms with Crippen molar-refractivity contribution in [1.29, 1.82) is 0 Å². The van der Waals surface area contributed by atoms with Crippen LogP contribution < -0.4 is 5.32 Å². The predicted octanol–water partition coefficient (Wildman–Crippen LogP) is 2.07. The predicted molar refractivity (Wildman–Crippen MR) is 74.3 cm³/mol. The zero-order valence-corrected chi connectivity index (χ0v) is 11.9. The maximum Gasteiger partial charge on any atom is 0.317 e. The third-order valence-corrected chi connectivity index (χ3v) is 5.49. The summed E-state index contributed by atoms with van der Waals surface area (Å²) in [5, 5.41) is 12.2. The Balaban J connectivity index is 1.49. The van der Waals surface area contributed by atoms with E-state index in [9.17, 15) is 9.59 Å². The number of rotatable bonds is 2. The van der Waals surface area contributed by atoms with Crippen molar-refractivity contribution in [2.45, 2.75) is 51.0 Å². The molecular formula is C15H24N2O3. The van der Waals surface area contributed by atoms with E-state index < -0.39 is 5.97 Å². The number of amides is 2. The first-order chi connectivity index (χ1) is 9.63. The highest BCUT2D eigenvalue weighted by Crippen LogP contribution is 2.41. The van der Waals surface area contributed by atoms with Gasteiger partial charge in [0, 0.05) is 19.1 Å². The van der Waals surface area contributed by atoms with Crippen LogP contribution in [0.25, 0.3) is 0 Å². The van der Waals surface area contributed by atoms with E-state index in [0.29, 0.717) is 37.9 Å². The van der Waals surface area contributed by atoms with Crippen LogP contribution in [0.2, 0.25) is 0 Å². The third-order valence-electron chi connectivity index (χ3n) is 5.49. The molecule has 0 aromatic heterocycles. The molecular weight excluding hydrogens is 256 g/mol. The number of hydrogen-bond acceptors (Lipinski definition) is 2. The fourth-order valence-electron chi connectivity index (χ4n) is 4.13. The highest BCUT2D eigenvalue weighted by Gasteiger charge is 2.37. The standard InChI is InChI=1S/C15H24N2O3/c18-14(19)12-5-7-17(8-6-12)15(20)16-13-9-10-1-3-11(13)4-2-10/h10-13H,1-9H2,(H,16,20)(H,18,19). The van der Waals surface area contributed by atoms with Gasteiger partial charge in [-0.25, -0.2) is 4.79 Å². The number of carboxylic acids is 1. The van der Waals surface area contributed by atoms with Crippen LogP contribution >= 0.6 is 0 Å². The highest BCUT2D eigenvalue weighted by molar-refractivity contribution is 5.75. The molecule has 5 heteroatoms. The summed E-state index contributed by atoms with van der Waals surface area (Å²) in [6.07, 6.45) is 7.50. The van der Waals surface area contributed by atoms with Gasteiger partial charge in [-0.1, -0.05) is 12.8 Å². The van der Waals surface area contributed by atoms with Crippen molar-refractivity contribution in [1.82, 2.24) is 10.2 Å². The number of carbonyl (C=O) groups is 2. The maximum atomic E-state index is 12.3. The summed E-state index contributed by atoms with van der Waals surface area (Å²) in [5.74, 6) is 0.475. The largest absolute Gasteiger partial charge is 0.481 e. The summed E-state index contributed by atoms with van der Waals surface area (Å²) < 4.78 is 0. The van der Waals surface area contributed by atoms with E-state index in [4.69, 9.17) is 5.11 Å². The Labute approximate surface area is 119 Å². The van der Waals surface area contributed by atoms with Crippen molar-refractivity contribution in [3.8, 4) is 0 Å². The first-order valence-corrected chi connectivity index (χ1v) is 7.91. The number of nitrogens with zero attached hydrogens (tertiary/aromatic N) is 1. The van der Waals surface area contributed by atoms with Gasteiger partial charge < -0.3 is 15.3 Å². The lowest BCUT2D eigenvalue weighted by atomic mass is 9.68. The van der Waals surface area contributed by atoms with Gasteiger partial charge in [-0.2, -0.15) is 0 Å². The van der Waals surface area contributed by atoms with Gasteiger partial charge in [-0.3, -0.25) is 4.79 Å². The van der Waals surface area contributed by atoms with Gasteiger partial charge in [0.2, 0.25) is 0 Å². The van der Waals surface area contributed by atoms with E-state index in [1.807, 2.05) is 0 Å². The second kappa shape index (κ2) is 5.62. The van der Waals surface area contributed by atoms with Crippen molar-refractivity contribution < 1.29 is 14.7 Å². The average molecular weight is 280 g/mol. The Morgan fingerprint density at radius 3 is 2.15 bits per heavy atom. The lowest BCUT2D eigenvalue weighted by molar-refractivity contribution is -0.143. The van der Waals surface area contributed by atoms with E-state index in [0.717, 1.165) is 12.3 Å². The van der Waals surface area contributed by atoms with E-state index in [1.165, 1.54) is 25.7 Å². The SMILES string of the molecule is O=C(O)C1CCN(C(=O)NC2CC3CCC2CC3)CC1. The molecule has 2 amide bonds. The number of likely N-dealkylation sites (tertiary alicyclic amines) is 1. The molecule has 2 bridgehead atoms. The molecule has 3 saturated carbocycles. The number of urea groups is 1. The Morgan fingerprint density at radius 2 is 1.65 bits per heavy atom. The topological polar surface area (TPSA) is 69.6 Å². The minimum atomic E-state index is -0.727. The molecule has 5 nitrogen and oxygen atoms in total. The molecule has 1 heterocycles. The van der Waals surface area contributed by atoms with E-state index in [1.54, 1.807) is 4.90 Å². The van der Waals surface area contributed by atoms with Crippen molar-refractivity contribution in [2.24, 2.45) is 17.8 Å². The second-order valence-corrected chi connectivity index (χ2v) is 6.67. The van der Waals surface area contributed by atoms with Crippen LogP contribution in [-0.4, -0.2) is 41.1 Å². The molecule has 0 spiro atoms. The lowest BCUT2D eigenvalue weighted by Gasteiger charge is -2.43. The first-order valence-electron chi connectivity index (χ1n) is 7.91. The molecule has 4 fully saturated rings. The molecule has 1 atom stereocenters. The number of carbonyl (C=O) groups excluding carboxylic acids is 1. The number of aliphatic carboxylic acids is 1. The van der Waals surface area contributed by atoms with Gasteiger partial charge in [-0.05, 0) is 43.9 Å². The molecule has 2 N–H and O–H groups in total. The summed E-state index contributed by atoms with van der Waals surface area (Å²) >= 11 is 0. The summed E-state index contributed by atoms with van der Waals surface area (Å²) in [5.41, 5.74) is 0. The Hall–Kier alpha value is -1.26. The molecule has 20 heavy (non-hydrogen) atoms. The quantitative estimate of drug-likeness (QED) is 0.813. The summed E-state index contributed by atoms with van der Waals surface area (Å²) in [4.78, 5) is 25.0. The monoisotopic (exact) mass is 280 g/mol. The van der Waals surface area contributed by atoms with Crippen LogP contribution in [0.1, 0.15) is 44.9 Å². The van der Waals surface area contributed by atoms with Crippen LogP contribution in [0.5, 0.6) is 0 Å². The molecule has 0 radical (unpaired) electrons. The van der Waals surface area contributed by atoms with Crippen molar-refractivity contribution in [3.63, 3.8) is 0 Å². The van der Waals surface area contributed by atoms with Gasteiger partial charge in [-0.15, -0.1) is 0 Å². The maximum absolute atomic E-state index is 12.3. The van der Waals surface area contributed by atoms with Crippen molar-refractivity contribution >= 4 is 12.0 Å². The molecule has 0 aromatic carbocycles. The number of hydrogen-bond donors (Lipinski definition) is 2. The van der Waals surface area contributed by atoms with E-state index in [-0.39, 0.29) is 11.9 Å². The van der Waals surface area contributed by atoms with Gasteiger partial charge in [0.25, 0.3) is 0 Å². The Morgan fingerprint density at radius 1 is 1.00 bits per heavy atom. The minimum Gasteiger partial charge on any atom is -0.481 e. The summed E-state index contributed by atoms with van der Waals surface area (Å²) in [6.45, 7) is 1.15. The number of carboxylic acid groups (broad SMARTS) is 1. The second-order valence-electron chi connectivity index (χ2n) is 6.67. The molecule has 4 aliphatic rings. The van der Waals surface area contributed by atoms with Gasteiger partial charge in [0.05, 0.1) is 5.92 Å². The van der Waals surface area contributed by atoms with Crippen LogP contribution in [0, 0.1) is 17.8 Å². The zero-order chi connectivity index (χ0) is 14.1. The zero-order valence-electron chi connectivity index (χ0n) is 11.9. The molecule has 1 aliphatic heterocycles. The molecule has 112 valence electrons. The Bertz CT molecular complexity index is 383. The number of fused-ring (bicyclic) bond motifs is 3. The minimum absolute atomic E-state index is 0.0198. The number of nitrogens with one attached hydrogen (secondary N) is 1. The molecule has 1 unspecified atom stereocenters. The van der Waals surface area contributed by atoms with E-state index >= 15 is 0 Å². The average Bonchev–Trinajstić information content (AvgIpc) is 2.48. The summed E-state index contributed by atoms with van der Waals surface area (Å²) in [6, 6.07) is 0.374. The van der Waals surface area contributed by atoms with Crippen LogP contribution in [0.4, 0.5) is 4.79 Å². The smallest absolute Gasteiger partial charge is 0.317 e. The van der Waals surface area contributed by atoms with Crippen LogP contribution in [-0.2, 0) is 4.79 Å². The molecule has 3 aliphatic carbocycles. The fourth-order valence-corrected chi connectivity index (χ4v) is 4.13. The molecule has 1 saturated heterocycles. The lowest BCUT2D eigenvalue weighted by Crippen LogP contribution is -2.53. The highest BCUT2D eigenvalue weighted by atomic mass is 16.4. The van der Waals surface area contributed by atoms with Crippen LogP contribution in [0.3, 0.4) is 0 Å². The number of piperidine rings is 1. The van der Waals surface area contributed by atoms with E-state index in [2.05, 4.69) is 5.32 Å².